The Balaban J connectivity index is 3.38. The van der Waals surface area contributed by atoms with Crippen molar-refractivity contribution in [1.29, 1.82) is 0 Å². The molecule has 0 fully saturated rings. The van der Waals surface area contributed by atoms with Gasteiger partial charge in [-0.15, -0.1) is 0 Å². The average Bonchev–Trinajstić information content (AvgIpc) is 2.41. The molecule has 0 aliphatic carbocycles. The molecular formula is C12H27N4O3+. The first kappa shape index (κ1) is 18.0. The zero-order valence-corrected chi connectivity index (χ0v) is 11.8. The Bertz CT molecular complexity index is 249. The Hall–Kier alpha value is -1.02. The summed E-state index contributed by atoms with van der Waals surface area (Å²) in [7, 11) is 1.86. The SMILES string of the molecule is CNCCNCC(=O)CCC(=O)NCCOCC[NH3+]. The van der Waals surface area contributed by atoms with Gasteiger partial charge in [0.1, 0.15) is 5.78 Å². The number of quaternary nitrogens is 1. The summed E-state index contributed by atoms with van der Waals surface area (Å²) in [6.07, 6.45) is 0.514. The van der Waals surface area contributed by atoms with Crippen LogP contribution in [0.2, 0.25) is 0 Å². The highest BCUT2D eigenvalue weighted by Gasteiger charge is 2.06. The van der Waals surface area contributed by atoms with Gasteiger partial charge >= 0.3 is 0 Å². The van der Waals surface area contributed by atoms with E-state index >= 15 is 0 Å². The Labute approximate surface area is 114 Å². The highest BCUT2D eigenvalue weighted by molar-refractivity contribution is 5.86. The molecule has 0 atom stereocenters. The van der Waals surface area contributed by atoms with Gasteiger partial charge in [-0.05, 0) is 7.05 Å². The highest BCUT2D eigenvalue weighted by Crippen LogP contribution is 1.90. The molecule has 7 nitrogen and oxygen atoms in total. The minimum atomic E-state index is -0.109. The molecule has 0 saturated heterocycles. The number of rotatable bonds is 13. The lowest BCUT2D eigenvalue weighted by Gasteiger charge is -2.06. The molecule has 112 valence electrons. The highest BCUT2D eigenvalue weighted by atomic mass is 16.5. The monoisotopic (exact) mass is 275 g/mol. The molecule has 0 aliphatic heterocycles. The molecule has 0 aliphatic rings. The molecule has 0 spiro atoms. The van der Waals surface area contributed by atoms with Crippen molar-refractivity contribution in [2.24, 2.45) is 0 Å². The minimum Gasteiger partial charge on any atom is -0.374 e. The van der Waals surface area contributed by atoms with Gasteiger partial charge in [0.25, 0.3) is 0 Å². The second-order valence-electron chi connectivity index (χ2n) is 4.13. The van der Waals surface area contributed by atoms with Crippen molar-refractivity contribution in [3.05, 3.63) is 0 Å². The van der Waals surface area contributed by atoms with E-state index in [0.717, 1.165) is 19.6 Å². The van der Waals surface area contributed by atoms with E-state index in [2.05, 4.69) is 21.7 Å². The van der Waals surface area contributed by atoms with Gasteiger partial charge in [0.05, 0.1) is 26.3 Å². The molecule has 0 bridgehead atoms. The van der Waals surface area contributed by atoms with Gasteiger partial charge in [-0.1, -0.05) is 0 Å². The van der Waals surface area contributed by atoms with Crippen molar-refractivity contribution in [3.8, 4) is 0 Å². The van der Waals surface area contributed by atoms with E-state index in [1.807, 2.05) is 7.05 Å². The van der Waals surface area contributed by atoms with Crippen molar-refractivity contribution in [1.82, 2.24) is 16.0 Å². The molecule has 6 N–H and O–H groups in total. The Morgan fingerprint density at radius 2 is 1.89 bits per heavy atom. The third-order valence-corrected chi connectivity index (χ3v) is 2.36. The van der Waals surface area contributed by atoms with E-state index < -0.39 is 0 Å². The standard InChI is InChI=1S/C12H26N4O3/c1-14-5-6-15-10-11(17)2-3-12(18)16-7-9-19-8-4-13/h14-15H,2-10,13H2,1H3,(H,16,18)/p+1. The zero-order valence-electron chi connectivity index (χ0n) is 11.8. The van der Waals surface area contributed by atoms with E-state index in [4.69, 9.17) is 4.74 Å². The predicted molar refractivity (Wildman–Crippen MR) is 72.6 cm³/mol. The smallest absolute Gasteiger partial charge is 0.220 e. The number of likely N-dealkylation sites (N-methyl/N-ethyl adjacent to an activating group) is 1. The summed E-state index contributed by atoms with van der Waals surface area (Å²) >= 11 is 0. The summed E-state index contributed by atoms with van der Waals surface area (Å²) < 4.78 is 5.17. The van der Waals surface area contributed by atoms with E-state index in [1.165, 1.54) is 0 Å². The number of nitrogens with one attached hydrogen (secondary N) is 3. The van der Waals surface area contributed by atoms with E-state index in [0.29, 0.717) is 26.3 Å². The van der Waals surface area contributed by atoms with Gasteiger partial charge < -0.3 is 26.4 Å². The van der Waals surface area contributed by atoms with Gasteiger partial charge in [0, 0.05) is 32.5 Å². The summed E-state index contributed by atoms with van der Waals surface area (Å²) in [6, 6.07) is 0. The quantitative estimate of drug-likeness (QED) is 0.278. The fourth-order valence-corrected chi connectivity index (χ4v) is 1.34. The van der Waals surface area contributed by atoms with Gasteiger partial charge in [0.15, 0.2) is 0 Å². The minimum absolute atomic E-state index is 0.0551. The van der Waals surface area contributed by atoms with Crippen molar-refractivity contribution in [3.63, 3.8) is 0 Å². The summed E-state index contributed by atoms with van der Waals surface area (Å²) in [4.78, 5) is 22.8. The number of hydrogen-bond donors (Lipinski definition) is 4. The van der Waals surface area contributed by atoms with Crippen LogP contribution in [0, 0.1) is 0 Å². The molecule has 0 rings (SSSR count). The number of amides is 1. The summed E-state index contributed by atoms with van der Waals surface area (Å²) in [6.45, 7) is 4.19. The molecule has 0 aromatic carbocycles. The summed E-state index contributed by atoms with van der Waals surface area (Å²) in [5.41, 5.74) is 3.64. The van der Waals surface area contributed by atoms with Crippen LogP contribution >= 0.6 is 0 Å². The molecule has 0 unspecified atom stereocenters. The van der Waals surface area contributed by atoms with Crippen LogP contribution in [0.1, 0.15) is 12.8 Å². The van der Waals surface area contributed by atoms with Crippen LogP contribution in [-0.4, -0.2) is 64.7 Å². The summed E-state index contributed by atoms with van der Waals surface area (Å²) in [5, 5.41) is 8.69. The number of carbonyl (C=O) groups is 2. The van der Waals surface area contributed by atoms with Gasteiger partial charge in [-0.25, -0.2) is 0 Å². The van der Waals surface area contributed by atoms with E-state index in [-0.39, 0.29) is 24.5 Å². The Morgan fingerprint density at radius 1 is 1.11 bits per heavy atom. The van der Waals surface area contributed by atoms with Crippen molar-refractivity contribution in [2.75, 3.05) is 53.0 Å². The van der Waals surface area contributed by atoms with Gasteiger partial charge in [-0.3, -0.25) is 9.59 Å². The van der Waals surface area contributed by atoms with Crippen molar-refractivity contribution >= 4 is 11.7 Å². The van der Waals surface area contributed by atoms with Crippen LogP contribution in [0.4, 0.5) is 0 Å². The number of carbonyl (C=O) groups excluding carboxylic acids is 2. The third-order valence-electron chi connectivity index (χ3n) is 2.36. The third kappa shape index (κ3) is 13.2. The van der Waals surface area contributed by atoms with Crippen molar-refractivity contribution < 1.29 is 20.1 Å². The number of ketones is 1. The normalized spacial score (nSPS) is 10.4. The second-order valence-corrected chi connectivity index (χ2v) is 4.13. The molecule has 0 aromatic heterocycles. The zero-order chi connectivity index (χ0) is 14.3. The van der Waals surface area contributed by atoms with Crippen LogP contribution in [0.15, 0.2) is 0 Å². The lowest BCUT2D eigenvalue weighted by Crippen LogP contribution is -2.52. The molecule has 19 heavy (non-hydrogen) atoms. The predicted octanol–water partition coefficient (Wildman–Crippen LogP) is -2.48. The van der Waals surface area contributed by atoms with Crippen LogP contribution in [-0.2, 0) is 14.3 Å². The first-order valence-electron chi connectivity index (χ1n) is 6.71. The number of ether oxygens (including phenoxy) is 1. The number of Topliss-reactive ketones (excluding diaryl/α,β-unsaturated/α-hetero) is 1. The lowest BCUT2D eigenvalue weighted by atomic mass is 10.2. The lowest BCUT2D eigenvalue weighted by molar-refractivity contribution is -0.374. The molecule has 0 aromatic rings. The first-order valence-corrected chi connectivity index (χ1v) is 6.71. The van der Waals surface area contributed by atoms with Crippen LogP contribution < -0.4 is 21.7 Å². The van der Waals surface area contributed by atoms with Gasteiger partial charge in [0.2, 0.25) is 5.91 Å². The van der Waals surface area contributed by atoms with Crippen LogP contribution in [0.25, 0.3) is 0 Å². The molecular weight excluding hydrogens is 248 g/mol. The Kier molecular flexibility index (Phi) is 12.7. The fourth-order valence-electron chi connectivity index (χ4n) is 1.34. The Morgan fingerprint density at radius 3 is 2.58 bits per heavy atom. The molecule has 0 heterocycles. The maximum absolute atomic E-state index is 11.4. The number of hydrogen-bond acceptors (Lipinski definition) is 5. The molecule has 0 radical (unpaired) electrons. The van der Waals surface area contributed by atoms with Crippen molar-refractivity contribution in [2.45, 2.75) is 12.8 Å². The van der Waals surface area contributed by atoms with E-state index in [1.54, 1.807) is 0 Å². The van der Waals surface area contributed by atoms with Gasteiger partial charge in [-0.2, -0.15) is 0 Å². The largest absolute Gasteiger partial charge is 0.374 e. The molecule has 7 heteroatoms. The molecule has 1 amide bonds. The second kappa shape index (κ2) is 13.4. The maximum atomic E-state index is 11.4. The maximum Gasteiger partial charge on any atom is 0.220 e. The summed E-state index contributed by atoms with van der Waals surface area (Å²) in [5.74, 6) is -0.0543. The molecule has 0 saturated carbocycles. The van der Waals surface area contributed by atoms with E-state index in [9.17, 15) is 9.59 Å². The van der Waals surface area contributed by atoms with Crippen LogP contribution in [0.5, 0.6) is 0 Å². The van der Waals surface area contributed by atoms with Crippen LogP contribution in [0.3, 0.4) is 0 Å². The fraction of sp³-hybridized carbons (Fsp3) is 0.833. The topological polar surface area (TPSA) is 107 Å². The first-order chi connectivity index (χ1) is 9.20. The average molecular weight is 275 g/mol.